The van der Waals surface area contributed by atoms with Crippen molar-refractivity contribution in [3.63, 3.8) is 0 Å². The Morgan fingerprint density at radius 3 is 2.76 bits per heavy atom. The standard InChI is InChI=1S/C13H13FN2O/c14-12-6-4-10(5-7-12)13-11(9-15-16-13)3-1-2-8-17/h4-9H,1-3H2,(H,15,16). The Hall–Kier alpha value is -1.97. The van der Waals surface area contributed by atoms with Gasteiger partial charge in [-0.05, 0) is 42.7 Å². The number of H-pyrrole nitrogens is 1. The van der Waals surface area contributed by atoms with Gasteiger partial charge in [0.2, 0.25) is 0 Å². The zero-order valence-electron chi connectivity index (χ0n) is 9.32. The maximum absolute atomic E-state index is 12.8. The predicted molar refractivity (Wildman–Crippen MR) is 63.0 cm³/mol. The summed E-state index contributed by atoms with van der Waals surface area (Å²) in [6.07, 6.45) is 4.81. The van der Waals surface area contributed by atoms with Gasteiger partial charge in [-0.2, -0.15) is 5.10 Å². The zero-order chi connectivity index (χ0) is 12.1. The van der Waals surface area contributed by atoms with E-state index in [1.54, 1.807) is 18.3 Å². The molecule has 0 aliphatic carbocycles. The minimum Gasteiger partial charge on any atom is -0.303 e. The molecule has 1 N–H and O–H groups in total. The number of hydrogen-bond donors (Lipinski definition) is 1. The van der Waals surface area contributed by atoms with Crippen molar-refractivity contribution in [1.29, 1.82) is 0 Å². The maximum atomic E-state index is 12.8. The summed E-state index contributed by atoms with van der Waals surface area (Å²) in [5, 5.41) is 6.90. The van der Waals surface area contributed by atoms with Gasteiger partial charge in [-0.3, -0.25) is 5.10 Å². The van der Waals surface area contributed by atoms with Crippen LogP contribution in [0, 0.1) is 5.82 Å². The summed E-state index contributed by atoms with van der Waals surface area (Å²) in [6.45, 7) is 0. The number of benzene rings is 1. The molecule has 2 aromatic rings. The van der Waals surface area contributed by atoms with Gasteiger partial charge < -0.3 is 4.79 Å². The summed E-state index contributed by atoms with van der Waals surface area (Å²) in [4.78, 5) is 10.3. The highest BCUT2D eigenvalue weighted by atomic mass is 19.1. The fourth-order valence-corrected chi connectivity index (χ4v) is 1.74. The molecule has 0 saturated carbocycles. The van der Waals surface area contributed by atoms with Crippen LogP contribution in [0.3, 0.4) is 0 Å². The number of aryl methyl sites for hydroxylation is 1. The molecule has 88 valence electrons. The summed E-state index contributed by atoms with van der Waals surface area (Å²) in [7, 11) is 0. The van der Waals surface area contributed by atoms with Crippen molar-refractivity contribution in [1.82, 2.24) is 10.2 Å². The Morgan fingerprint density at radius 2 is 2.06 bits per heavy atom. The number of aromatic nitrogens is 2. The van der Waals surface area contributed by atoms with Gasteiger partial charge >= 0.3 is 0 Å². The van der Waals surface area contributed by atoms with Crippen LogP contribution in [0.2, 0.25) is 0 Å². The third-order valence-electron chi connectivity index (χ3n) is 2.62. The van der Waals surface area contributed by atoms with E-state index in [4.69, 9.17) is 0 Å². The molecule has 0 spiro atoms. The van der Waals surface area contributed by atoms with Crippen LogP contribution >= 0.6 is 0 Å². The van der Waals surface area contributed by atoms with Gasteiger partial charge in [0.25, 0.3) is 0 Å². The molecule has 0 fully saturated rings. The monoisotopic (exact) mass is 232 g/mol. The molecule has 17 heavy (non-hydrogen) atoms. The van der Waals surface area contributed by atoms with E-state index in [0.29, 0.717) is 6.42 Å². The summed E-state index contributed by atoms with van der Waals surface area (Å²) < 4.78 is 12.8. The van der Waals surface area contributed by atoms with Crippen molar-refractivity contribution in [3.8, 4) is 11.3 Å². The van der Waals surface area contributed by atoms with Crippen LogP contribution in [0.5, 0.6) is 0 Å². The second-order valence-corrected chi connectivity index (χ2v) is 3.84. The lowest BCUT2D eigenvalue weighted by Crippen LogP contribution is -1.88. The number of rotatable bonds is 5. The predicted octanol–water partition coefficient (Wildman–Crippen LogP) is 2.74. The lowest BCUT2D eigenvalue weighted by atomic mass is 10.0. The van der Waals surface area contributed by atoms with E-state index in [2.05, 4.69) is 10.2 Å². The number of carbonyl (C=O) groups excluding carboxylic acids is 1. The molecular formula is C13H13FN2O. The molecular weight excluding hydrogens is 219 g/mol. The van der Waals surface area contributed by atoms with Crippen molar-refractivity contribution in [2.75, 3.05) is 0 Å². The molecule has 1 aromatic carbocycles. The third-order valence-corrected chi connectivity index (χ3v) is 2.62. The first-order valence-electron chi connectivity index (χ1n) is 5.53. The van der Waals surface area contributed by atoms with Crippen molar-refractivity contribution < 1.29 is 9.18 Å². The van der Waals surface area contributed by atoms with Gasteiger partial charge in [0.05, 0.1) is 11.9 Å². The minimum atomic E-state index is -0.254. The molecule has 1 heterocycles. The molecule has 0 bridgehead atoms. The highest BCUT2D eigenvalue weighted by Gasteiger charge is 2.07. The maximum Gasteiger partial charge on any atom is 0.123 e. The van der Waals surface area contributed by atoms with E-state index in [-0.39, 0.29) is 5.82 Å². The van der Waals surface area contributed by atoms with E-state index in [1.807, 2.05) is 0 Å². The lowest BCUT2D eigenvalue weighted by Gasteiger charge is -2.02. The Morgan fingerprint density at radius 1 is 1.29 bits per heavy atom. The molecule has 0 atom stereocenters. The van der Waals surface area contributed by atoms with Gasteiger partial charge in [0.15, 0.2) is 0 Å². The molecule has 1 aromatic heterocycles. The van der Waals surface area contributed by atoms with Gasteiger partial charge in [-0.1, -0.05) is 0 Å². The van der Waals surface area contributed by atoms with Gasteiger partial charge in [0.1, 0.15) is 12.1 Å². The lowest BCUT2D eigenvalue weighted by molar-refractivity contribution is -0.107. The van der Waals surface area contributed by atoms with Gasteiger partial charge in [-0.25, -0.2) is 4.39 Å². The SMILES string of the molecule is O=CCCCc1cn[nH]c1-c1ccc(F)cc1. The number of nitrogens with zero attached hydrogens (tertiary/aromatic N) is 1. The minimum absolute atomic E-state index is 0.254. The number of aromatic amines is 1. The summed E-state index contributed by atoms with van der Waals surface area (Å²) in [6, 6.07) is 6.27. The quantitative estimate of drug-likeness (QED) is 0.636. The number of carbonyl (C=O) groups is 1. The molecule has 0 radical (unpaired) electrons. The molecule has 2 rings (SSSR count). The fraction of sp³-hybridized carbons (Fsp3) is 0.231. The van der Waals surface area contributed by atoms with E-state index in [0.717, 1.165) is 35.9 Å². The highest BCUT2D eigenvalue weighted by Crippen LogP contribution is 2.22. The van der Waals surface area contributed by atoms with Crippen molar-refractivity contribution in [2.45, 2.75) is 19.3 Å². The summed E-state index contributed by atoms with van der Waals surface area (Å²) in [5.74, 6) is -0.254. The first-order valence-corrected chi connectivity index (χ1v) is 5.53. The van der Waals surface area contributed by atoms with Crippen LogP contribution in [0.4, 0.5) is 4.39 Å². The van der Waals surface area contributed by atoms with Crippen molar-refractivity contribution >= 4 is 6.29 Å². The fourth-order valence-electron chi connectivity index (χ4n) is 1.74. The Balaban J connectivity index is 2.18. The van der Waals surface area contributed by atoms with Gasteiger partial charge in [0, 0.05) is 12.0 Å². The Bertz CT molecular complexity index is 490. The third kappa shape index (κ3) is 2.78. The number of unbranched alkanes of at least 4 members (excludes halogenated alkanes) is 1. The van der Waals surface area contributed by atoms with E-state index < -0.39 is 0 Å². The average molecular weight is 232 g/mol. The number of nitrogens with one attached hydrogen (secondary N) is 1. The number of halogens is 1. The van der Waals surface area contributed by atoms with Crippen LogP contribution in [0.25, 0.3) is 11.3 Å². The molecule has 0 saturated heterocycles. The van der Waals surface area contributed by atoms with Gasteiger partial charge in [-0.15, -0.1) is 0 Å². The van der Waals surface area contributed by atoms with Crippen LogP contribution in [0.1, 0.15) is 18.4 Å². The topological polar surface area (TPSA) is 45.8 Å². The smallest absolute Gasteiger partial charge is 0.123 e. The average Bonchev–Trinajstić information content (AvgIpc) is 2.79. The van der Waals surface area contributed by atoms with Crippen LogP contribution in [0.15, 0.2) is 30.5 Å². The van der Waals surface area contributed by atoms with E-state index in [9.17, 15) is 9.18 Å². The first-order chi connectivity index (χ1) is 8.31. The second kappa shape index (κ2) is 5.39. The van der Waals surface area contributed by atoms with Crippen LogP contribution in [-0.4, -0.2) is 16.5 Å². The molecule has 3 nitrogen and oxygen atoms in total. The van der Waals surface area contributed by atoms with Crippen LogP contribution in [-0.2, 0) is 11.2 Å². The summed E-state index contributed by atoms with van der Waals surface area (Å²) in [5.41, 5.74) is 2.86. The highest BCUT2D eigenvalue weighted by molar-refractivity contribution is 5.62. The van der Waals surface area contributed by atoms with Crippen molar-refractivity contribution in [3.05, 3.63) is 41.8 Å². The second-order valence-electron chi connectivity index (χ2n) is 3.84. The van der Waals surface area contributed by atoms with E-state index in [1.165, 1.54) is 12.1 Å². The van der Waals surface area contributed by atoms with Crippen LogP contribution < -0.4 is 0 Å². The normalized spacial score (nSPS) is 10.4. The first kappa shape index (κ1) is 11.5. The number of hydrogen-bond acceptors (Lipinski definition) is 2. The largest absolute Gasteiger partial charge is 0.303 e. The molecule has 4 heteroatoms. The Kier molecular flexibility index (Phi) is 3.65. The zero-order valence-corrected chi connectivity index (χ0v) is 9.32. The molecule has 0 amide bonds. The van der Waals surface area contributed by atoms with E-state index >= 15 is 0 Å². The number of aldehydes is 1. The Labute approximate surface area is 98.7 Å². The molecule has 0 unspecified atom stereocenters. The molecule has 0 aliphatic heterocycles. The summed E-state index contributed by atoms with van der Waals surface area (Å²) >= 11 is 0. The molecule has 0 aliphatic rings. The van der Waals surface area contributed by atoms with Crippen molar-refractivity contribution in [2.24, 2.45) is 0 Å².